The lowest BCUT2D eigenvalue weighted by atomic mass is 10.1. The maximum absolute atomic E-state index is 12.6. The van der Waals surface area contributed by atoms with Gasteiger partial charge in [0.15, 0.2) is 6.10 Å². The third kappa shape index (κ3) is 40.9. The fourth-order valence-electron chi connectivity index (χ4n) is 5.01. The summed E-state index contributed by atoms with van der Waals surface area (Å²) in [5.74, 6) is -1.01. The Balaban J connectivity index is 4.42. The molecule has 0 aliphatic carbocycles. The standard InChI is InChI=1S/C46H75O10P/c1-3-5-7-9-11-13-15-17-18-19-20-21-22-23-24-26-27-29-31-33-35-37-45(49)53-41-44(42-55-57(51,52)54-40-43(48)39-47)56-46(50)38-36-34-32-30-28-25-16-14-12-10-8-6-4-2/h6,8,10-14,16-18,20-21,23-24,27,29,43-44,47-48H,3-5,7,9,15,19,22,25-26,28,30-42H2,1-2H3,(H,51,52)/b8-6+,12-10+,13-11+,16-14+,18-17+,21-20+,24-23+,29-27+/t43-,44?/m1/s1. The first-order valence-corrected chi connectivity index (χ1v) is 22.7. The molecule has 0 fully saturated rings. The Kier molecular flexibility index (Phi) is 38.8. The van der Waals surface area contributed by atoms with Crippen molar-refractivity contribution < 1.29 is 47.8 Å². The van der Waals surface area contributed by atoms with Gasteiger partial charge in [-0.25, -0.2) is 4.57 Å². The Morgan fingerprint density at radius 2 is 1.04 bits per heavy atom. The summed E-state index contributed by atoms with van der Waals surface area (Å²) in [4.78, 5) is 34.9. The molecule has 0 aliphatic rings. The van der Waals surface area contributed by atoms with Crippen LogP contribution in [0.1, 0.15) is 142 Å². The molecule has 0 aromatic heterocycles. The van der Waals surface area contributed by atoms with Gasteiger partial charge in [-0.2, -0.15) is 0 Å². The molecule has 0 amide bonds. The summed E-state index contributed by atoms with van der Waals surface area (Å²) < 4.78 is 32.6. The minimum atomic E-state index is -4.64. The van der Waals surface area contributed by atoms with Crippen LogP contribution in [0.5, 0.6) is 0 Å². The van der Waals surface area contributed by atoms with Crippen LogP contribution >= 0.6 is 7.82 Å². The second-order valence-electron chi connectivity index (χ2n) is 13.7. The van der Waals surface area contributed by atoms with Gasteiger partial charge in [0.25, 0.3) is 0 Å². The van der Waals surface area contributed by atoms with E-state index in [2.05, 4.69) is 91.3 Å². The summed E-state index contributed by atoms with van der Waals surface area (Å²) in [5.41, 5.74) is 0. The zero-order chi connectivity index (χ0) is 41.9. The highest BCUT2D eigenvalue weighted by atomic mass is 31.2. The van der Waals surface area contributed by atoms with E-state index in [1.165, 1.54) is 25.7 Å². The Morgan fingerprint density at radius 3 is 1.63 bits per heavy atom. The summed E-state index contributed by atoms with van der Waals surface area (Å²) in [6.07, 6.45) is 49.5. The fraction of sp³-hybridized carbons (Fsp3) is 0.609. The number of rotatable bonds is 38. The molecule has 11 heteroatoms. The fourth-order valence-corrected chi connectivity index (χ4v) is 5.80. The number of hydrogen-bond acceptors (Lipinski definition) is 9. The molecule has 0 rings (SSSR count). The van der Waals surface area contributed by atoms with Gasteiger partial charge >= 0.3 is 19.8 Å². The molecule has 0 saturated heterocycles. The predicted octanol–water partition coefficient (Wildman–Crippen LogP) is 11.2. The largest absolute Gasteiger partial charge is 0.472 e. The van der Waals surface area contributed by atoms with Crippen molar-refractivity contribution in [3.8, 4) is 0 Å². The summed E-state index contributed by atoms with van der Waals surface area (Å²) in [6.45, 7) is 2.11. The number of hydrogen-bond donors (Lipinski definition) is 3. The second kappa shape index (κ2) is 41.1. The van der Waals surface area contributed by atoms with Crippen LogP contribution < -0.4 is 0 Å². The molecular weight excluding hydrogens is 743 g/mol. The van der Waals surface area contributed by atoms with Crippen LogP contribution in [0.2, 0.25) is 0 Å². The number of esters is 2. The number of allylic oxidation sites excluding steroid dienone is 16. The number of aliphatic hydroxyl groups is 2. The Bertz CT molecular complexity index is 1260. The lowest BCUT2D eigenvalue weighted by Gasteiger charge is -2.20. The lowest BCUT2D eigenvalue weighted by molar-refractivity contribution is -0.161. The summed E-state index contributed by atoms with van der Waals surface area (Å²) in [6, 6.07) is 0. The van der Waals surface area contributed by atoms with Crippen LogP contribution in [-0.2, 0) is 32.7 Å². The molecule has 57 heavy (non-hydrogen) atoms. The van der Waals surface area contributed by atoms with E-state index in [9.17, 15) is 24.2 Å². The van der Waals surface area contributed by atoms with Crippen molar-refractivity contribution in [2.75, 3.05) is 26.4 Å². The Hall–Kier alpha value is -3.11. The van der Waals surface area contributed by atoms with E-state index in [1.807, 2.05) is 24.3 Å². The maximum atomic E-state index is 12.6. The van der Waals surface area contributed by atoms with E-state index in [1.54, 1.807) is 0 Å². The predicted molar refractivity (Wildman–Crippen MR) is 232 cm³/mol. The minimum Gasteiger partial charge on any atom is -0.462 e. The van der Waals surface area contributed by atoms with Crippen molar-refractivity contribution in [3.63, 3.8) is 0 Å². The van der Waals surface area contributed by atoms with E-state index >= 15 is 0 Å². The number of carbonyl (C=O) groups is 2. The van der Waals surface area contributed by atoms with Crippen molar-refractivity contribution in [1.29, 1.82) is 0 Å². The second-order valence-corrected chi connectivity index (χ2v) is 15.1. The van der Waals surface area contributed by atoms with Gasteiger partial charge in [-0.1, -0.05) is 143 Å². The van der Waals surface area contributed by atoms with E-state index in [4.69, 9.17) is 19.1 Å². The average molecular weight is 819 g/mol. The van der Waals surface area contributed by atoms with Gasteiger partial charge in [0, 0.05) is 12.8 Å². The summed E-state index contributed by atoms with van der Waals surface area (Å²) in [7, 11) is -4.64. The Labute approximate surface area is 344 Å². The number of carbonyl (C=O) groups excluding carboxylic acids is 2. The number of phosphoric acid groups is 1. The first-order chi connectivity index (χ1) is 27.7. The lowest BCUT2D eigenvalue weighted by Crippen LogP contribution is -2.29. The molecule has 3 N–H and O–H groups in total. The van der Waals surface area contributed by atoms with Gasteiger partial charge in [0.2, 0.25) is 0 Å². The molecule has 0 aromatic rings. The first kappa shape index (κ1) is 53.9. The molecule has 0 aliphatic heterocycles. The summed E-state index contributed by atoms with van der Waals surface area (Å²) in [5, 5.41) is 18.3. The third-order valence-corrected chi connectivity index (χ3v) is 9.23. The molecule has 10 nitrogen and oxygen atoms in total. The molecule has 0 aromatic carbocycles. The van der Waals surface area contributed by atoms with E-state index in [0.29, 0.717) is 12.8 Å². The smallest absolute Gasteiger partial charge is 0.462 e. The van der Waals surface area contributed by atoms with E-state index in [0.717, 1.165) is 77.0 Å². The van der Waals surface area contributed by atoms with E-state index in [-0.39, 0.29) is 19.4 Å². The van der Waals surface area contributed by atoms with Gasteiger partial charge in [-0.15, -0.1) is 0 Å². The topological polar surface area (TPSA) is 149 Å². The SMILES string of the molecule is CC/C=C/C=C/C=C/CCCCCCCC(=O)OC(COC(=O)CCCC/C=C/C/C=C/C/C=C/C/C=C/C/C=C/CCCCC)COP(=O)(O)OC[C@H](O)CO. The normalized spacial score (nSPS) is 14.8. The molecule has 2 unspecified atom stereocenters. The molecule has 0 saturated carbocycles. The van der Waals surface area contributed by atoms with Crippen LogP contribution in [0.25, 0.3) is 0 Å². The van der Waals surface area contributed by atoms with Crippen LogP contribution in [0.3, 0.4) is 0 Å². The van der Waals surface area contributed by atoms with Gasteiger partial charge in [-0.05, 0) is 83.5 Å². The third-order valence-electron chi connectivity index (χ3n) is 8.28. The molecule has 0 bridgehead atoms. The number of aliphatic hydroxyl groups excluding tert-OH is 2. The highest BCUT2D eigenvalue weighted by Crippen LogP contribution is 2.43. The molecule has 0 radical (unpaired) electrons. The first-order valence-electron chi connectivity index (χ1n) is 21.2. The van der Waals surface area contributed by atoms with Crippen molar-refractivity contribution in [1.82, 2.24) is 0 Å². The minimum absolute atomic E-state index is 0.145. The number of phosphoric ester groups is 1. The van der Waals surface area contributed by atoms with Crippen molar-refractivity contribution in [3.05, 3.63) is 97.2 Å². The van der Waals surface area contributed by atoms with Gasteiger partial charge in [0.05, 0.1) is 19.8 Å². The zero-order valence-electron chi connectivity index (χ0n) is 35.0. The molecule has 0 heterocycles. The maximum Gasteiger partial charge on any atom is 0.472 e. The Morgan fingerprint density at radius 1 is 0.561 bits per heavy atom. The quantitative estimate of drug-likeness (QED) is 0.0181. The van der Waals surface area contributed by atoms with Gasteiger partial charge < -0.3 is 24.6 Å². The molecule has 324 valence electrons. The zero-order valence-corrected chi connectivity index (χ0v) is 35.9. The molecule has 3 atom stereocenters. The molecule has 0 spiro atoms. The van der Waals surface area contributed by atoms with Crippen molar-refractivity contribution >= 4 is 19.8 Å². The number of unbranched alkanes of at least 4 members (excludes halogenated alkanes) is 10. The van der Waals surface area contributed by atoms with Crippen LogP contribution in [0, 0.1) is 0 Å². The van der Waals surface area contributed by atoms with Gasteiger partial charge in [-0.3, -0.25) is 18.6 Å². The van der Waals surface area contributed by atoms with Crippen LogP contribution in [0.15, 0.2) is 97.2 Å². The van der Waals surface area contributed by atoms with Crippen LogP contribution in [-0.4, -0.2) is 65.7 Å². The highest BCUT2D eigenvalue weighted by Gasteiger charge is 2.27. The van der Waals surface area contributed by atoms with Crippen LogP contribution in [0.4, 0.5) is 0 Å². The van der Waals surface area contributed by atoms with E-state index < -0.39 is 51.8 Å². The molecular formula is C46H75O10P. The number of ether oxygens (including phenoxy) is 2. The monoisotopic (exact) mass is 819 g/mol. The average Bonchev–Trinajstić information content (AvgIpc) is 3.20. The highest BCUT2D eigenvalue weighted by molar-refractivity contribution is 7.47. The van der Waals surface area contributed by atoms with Crippen molar-refractivity contribution in [2.24, 2.45) is 0 Å². The van der Waals surface area contributed by atoms with Crippen molar-refractivity contribution in [2.45, 2.75) is 154 Å². The van der Waals surface area contributed by atoms with Gasteiger partial charge in [0.1, 0.15) is 12.7 Å². The summed E-state index contributed by atoms with van der Waals surface area (Å²) >= 11 is 0.